The summed E-state index contributed by atoms with van der Waals surface area (Å²) in [4.78, 5) is 25.0. The van der Waals surface area contributed by atoms with Gasteiger partial charge in [-0.2, -0.15) is 4.98 Å². The summed E-state index contributed by atoms with van der Waals surface area (Å²) in [5.41, 5.74) is 4.64. The van der Waals surface area contributed by atoms with Crippen molar-refractivity contribution in [3.05, 3.63) is 94.5 Å². The van der Waals surface area contributed by atoms with Gasteiger partial charge in [0.05, 0.1) is 23.2 Å². The summed E-state index contributed by atoms with van der Waals surface area (Å²) < 4.78 is 36.2. The quantitative estimate of drug-likeness (QED) is 0.235. The smallest absolute Gasteiger partial charge is 0.264 e. The van der Waals surface area contributed by atoms with Crippen molar-refractivity contribution in [1.82, 2.24) is 14.9 Å². The predicted octanol–water partition coefficient (Wildman–Crippen LogP) is 7.40. The normalized spacial score (nSPS) is 16.7. The van der Waals surface area contributed by atoms with E-state index in [0.29, 0.717) is 17.7 Å². The molecule has 1 amide bonds. The second-order valence-corrected chi connectivity index (χ2v) is 16.3. The van der Waals surface area contributed by atoms with Crippen LogP contribution in [0.2, 0.25) is 0 Å². The SMILES string of the molecule is Cc1cccc(C)c1-c1cc2nc(n1)NS(=O)(=O)c1cccc(c1)C(=O)N(Cc1ccc(C(C)(C)C)cc1O)[C@H](CC(C)(C)C)CO2. The number of carbonyl (C=O) groups excluding carboxylic acids is 1. The van der Waals surface area contributed by atoms with Crippen LogP contribution in [0, 0.1) is 19.3 Å². The molecule has 0 spiro atoms. The van der Waals surface area contributed by atoms with Crippen LogP contribution >= 0.6 is 0 Å². The molecule has 1 atom stereocenters. The van der Waals surface area contributed by atoms with Crippen molar-refractivity contribution >= 4 is 21.9 Å². The van der Waals surface area contributed by atoms with Crippen molar-refractivity contribution in [2.75, 3.05) is 11.3 Å². The number of amides is 1. The molecule has 248 valence electrons. The van der Waals surface area contributed by atoms with E-state index in [4.69, 9.17) is 4.74 Å². The Morgan fingerprint density at radius 3 is 2.26 bits per heavy atom. The molecule has 0 saturated heterocycles. The van der Waals surface area contributed by atoms with Crippen LogP contribution in [0.25, 0.3) is 11.3 Å². The molecule has 0 fully saturated rings. The molecule has 4 bridgehead atoms. The number of hydrogen-bond acceptors (Lipinski definition) is 7. The highest BCUT2D eigenvalue weighted by atomic mass is 32.2. The maximum absolute atomic E-state index is 14.4. The fourth-order valence-electron chi connectivity index (χ4n) is 5.89. The number of nitrogens with zero attached hydrogens (tertiary/aromatic N) is 3. The van der Waals surface area contributed by atoms with Crippen molar-refractivity contribution in [2.45, 2.75) is 84.7 Å². The van der Waals surface area contributed by atoms with Crippen molar-refractivity contribution in [3.63, 3.8) is 0 Å². The molecule has 2 N–H and O–H groups in total. The van der Waals surface area contributed by atoms with E-state index < -0.39 is 16.1 Å². The molecule has 47 heavy (non-hydrogen) atoms. The Hall–Kier alpha value is -4.44. The lowest BCUT2D eigenvalue weighted by Gasteiger charge is -2.36. The molecule has 0 unspecified atom stereocenters. The average Bonchev–Trinajstić information content (AvgIpc) is 2.97. The van der Waals surface area contributed by atoms with E-state index in [1.54, 1.807) is 29.2 Å². The molecule has 5 rings (SSSR count). The van der Waals surface area contributed by atoms with Gasteiger partial charge in [0.25, 0.3) is 15.9 Å². The van der Waals surface area contributed by atoms with Gasteiger partial charge in [0.2, 0.25) is 11.8 Å². The summed E-state index contributed by atoms with van der Waals surface area (Å²) in [6.45, 7) is 16.6. The van der Waals surface area contributed by atoms with Crippen LogP contribution in [0.3, 0.4) is 0 Å². The number of hydrogen-bond donors (Lipinski definition) is 2. The highest BCUT2D eigenvalue weighted by Crippen LogP contribution is 2.33. The number of benzene rings is 3. The van der Waals surface area contributed by atoms with Gasteiger partial charge in [0, 0.05) is 22.8 Å². The van der Waals surface area contributed by atoms with E-state index in [1.807, 2.05) is 44.2 Å². The third kappa shape index (κ3) is 7.76. The number of phenolic OH excluding ortho intramolecular Hbond substituents is 1. The summed E-state index contributed by atoms with van der Waals surface area (Å²) in [6, 6.07) is 18.6. The zero-order valence-corrected chi connectivity index (χ0v) is 29.2. The number of phenols is 1. The maximum Gasteiger partial charge on any atom is 0.264 e. The highest BCUT2D eigenvalue weighted by Gasteiger charge is 2.32. The standard InChI is InChI=1S/C37H44N4O5S/c1-23-11-9-12-24(2)33(23)30-19-32-39-35(38-30)40-47(44,45)29-14-10-13-25(17-29)34(43)41(28(22-46-32)20-36(3,4)5)21-26-15-16-27(18-31(26)42)37(6,7)8/h9-19,28,42H,20-22H2,1-8H3,(H,38,39,40)/t28-/m1/s1. The van der Waals surface area contributed by atoms with Gasteiger partial charge in [-0.05, 0) is 72.1 Å². The van der Waals surface area contributed by atoms with Crippen molar-refractivity contribution in [2.24, 2.45) is 5.41 Å². The van der Waals surface area contributed by atoms with Gasteiger partial charge in [-0.1, -0.05) is 77.9 Å². The van der Waals surface area contributed by atoms with E-state index in [9.17, 15) is 18.3 Å². The molecule has 0 radical (unpaired) electrons. The van der Waals surface area contributed by atoms with Crippen LogP contribution in [0.15, 0.2) is 71.6 Å². The number of aromatic hydroxyl groups is 1. The predicted molar refractivity (Wildman–Crippen MR) is 184 cm³/mol. The van der Waals surface area contributed by atoms with Crippen LogP contribution in [0.4, 0.5) is 5.95 Å². The molecular weight excluding hydrogens is 612 g/mol. The number of sulfonamides is 1. The number of fused-ring (bicyclic) bond motifs is 4. The Bertz CT molecular complexity index is 1910. The third-order valence-electron chi connectivity index (χ3n) is 8.32. The monoisotopic (exact) mass is 656 g/mol. The van der Waals surface area contributed by atoms with Gasteiger partial charge in [0.1, 0.15) is 12.4 Å². The second-order valence-electron chi connectivity index (χ2n) is 14.6. The molecule has 1 aromatic heterocycles. The van der Waals surface area contributed by atoms with Gasteiger partial charge in [0.15, 0.2) is 0 Å². The van der Waals surface area contributed by atoms with Gasteiger partial charge < -0.3 is 14.7 Å². The molecular formula is C37H44N4O5S. The lowest BCUT2D eigenvalue weighted by Crippen LogP contribution is -2.45. The summed E-state index contributed by atoms with van der Waals surface area (Å²) in [7, 11) is -4.19. The minimum absolute atomic E-state index is 0.0684. The number of nitrogens with one attached hydrogen (secondary N) is 1. The first-order chi connectivity index (χ1) is 21.9. The number of rotatable bonds is 4. The molecule has 4 aromatic rings. The number of aryl methyl sites for hydroxylation is 2. The summed E-state index contributed by atoms with van der Waals surface area (Å²) in [5.74, 6) is -0.260. The van der Waals surface area contributed by atoms with E-state index in [2.05, 4.69) is 56.2 Å². The largest absolute Gasteiger partial charge is 0.508 e. The summed E-state index contributed by atoms with van der Waals surface area (Å²) in [5, 5.41) is 11.1. The first kappa shape index (κ1) is 33.9. The third-order valence-corrected chi connectivity index (χ3v) is 9.65. The lowest BCUT2D eigenvalue weighted by molar-refractivity contribution is 0.0511. The molecule has 0 aliphatic carbocycles. The minimum Gasteiger partial charge on any atom is -0.508 e. The number of carbonyl (C=O) groups is 1. The molecule has 1 aliphatic rings. The van der Waals surface area contributed by atoms with Gasteiger partial charge in [-0.3, -0.25) is 4.79 Å². The topological polar surface area (TPSA) is 122 Å². The summed E-state index contributed by atoms with van der Waals surface area (Å²) in [6.07, 6.45) is 0.553. The minimum atomic E-state index is -4.19. The van der Waals surface area contributed by atoms with Crippen LogP contribution in [0.1, 0.15) is 80.6 Å². The zero-order valence-electron chi connectivity index (χ0n) is 28.4. The second kappa shape index (κ2) is 12.6. The fraction of sp³-hybridized carbons (Fsp3) is 0.378. The van der Waals surface area contributed by atoms with E-state index in [1.165, 1.54) is 12.1 Å². The Labute approximate surface area is 278 Å². The molecule has 9 nitrogen and oxygen atoms in total. The molecule has 1 aliphatic heterocycles. The highest BCUT2D eigenvalue weighted by molar-refractivity contribution is 7.92. The number of aromatic nitrogens is 2. The Morgan fingerprint density at radius 2 is 1.62 bits per heavy atom. The Kier molecular flexibility index (Phi) is 9.12. The van der Waals surface area contributed by atoms with Crippen LogP contribution in [-0.4, -0.2) is 46.9 Å². The van der Waals surface area contributed by atoms with Crippen LogP contribution in [0.5, 0.6) is 11.6 Å². The van der Waals surface area contributed by atoms with Gasteiger partial charge >= 0.3 is 0 Å². The molecule has 2 heterocycles. The fourth-order valence-corrected chi connectivity index (χ4v) is 6.88. The van der Waals surface area contributed by atoms with Crippen molar-refractivity contribution in [1.29, 1.82) is 0 Å². The van der Waals surface area contributed by atoms with E-state index in [-0.39, 0.29) is 57.9 Å². The first-order valence-electron chi connectivity index (χ1n) is 15.8. The summed E-state index contributed by atoms with van der Waals surface area (Å²) >= 11 is 0. The number of anilines is 1. The van der Waals surface area contributed by atoms with Crippen LogP contribution < -0.4 is 9.46 Å². The molecule has 3 aromatic carbocycles. The lowest BCUT2D eigenvalue weighted by atomic mass is 9.86. The van der Waals surface area contributed by atoms with Gasteiger partial charge in [-0.15, -0.1) is 0 Å². The number of ether oxygens (including phenoxy) is 1. The zero-order chi connectivity index (χ0) is 34.3. The first-order valence-corrected chi connectivity index (χ1v) is 17.2. The van der Waals surface area contributed by atoms with E-state index in [0.717, 1.165) is 22.3 Å². The van der Waals surface area contributed by atoms with Crippen molar-refractivity contribution < 1.29 is 23.1 Å². The maximum atomic E-state index is 14.4. The van der Waals surface area contributed by atoms with Crippen molar-refractivity contribution in [3.8, 4) is 22.9 Å². The Morgan fingerprint density at radius 1 is 0.936 bits per heavy atom. The molecule has 0 saturated carbocycles. The van der Waals surface area contributed by atoms with E-state index >= 15 is 0 Å². The average molecular weight is 657 g/mol. The van der Waals surface area contributed by atoms with Crippen LogP contribution in [-0.2, 0) is 22.0 Å². The van der Waals surface area contributed by atoms with Gasteiger partial charge in [-0.25, -0.2) is 18.1 Å². The Balaban J connectivity index is 1.67. The molecule has 10 heteroatoms.